The molecular weight excluding hydrogens is 372 g/mol. The fraction of sp³-hybridized carbons (Fsp3) is 0.571. The molecule has 1 aromatic carbocycles. The van der Waals surface area contributed by atoms with Crippen molar-refractivity contribution in [2.75, 3.05) is 31.6 Å². The molecule has 1 aromatic rings. The van der Waals surface area contributed by atoms with Gasteiger partial charge < -0.3 is 20.3 Å². The van der Waals surface area contributed by atoms with E-state index >= 15 is 0 Å². The van der Waals surface area contributed by atoms with E-state index in [0.717, 1.165) is 19.6 Å². The number of hydrogen-bond acceptors (Lipinski definition) is 5. The molecule has 1 aliphatic carbocycles. The molecule has 8 nitrogen and oxygen atoms in total. The Hall–Kier alpha value is -2.61. The summed E-state index contributed by atoms with van der Waals surface area (Å²) in [5.41, 5.74) is -0.191. The number of carbonyl (C=O) groups is 3. The summed E-state index contributed by atoms with van der Waals surface area (Å²) in [4.78, 5) is 38.6. The second-order valence-electron chi connectivity index (χ2n) is 7.63. The van der Waals surface area contributed by atoms with Crippen molar-refractivity contribution in [3.63, 3.8) is 0 Å². The molecule has 2 fully saturated rings. The summed E-state index contributed by atoms with van der Waals surface area (Å²) in [6.07, 6.45) is 2.02. The first kappa shape index (κ1) is 21.1. The van der Waals surface area contributed by atoms with Crippen LogP contribution in [-0.2, 0) is 9.59 Å². The molecule has 4 amide bonds. The molecular formula is C21H30N4O4. The zero-order chi connectivity index (χ0) is 20.9. The predicted molar refractivity (Wildman–Crippen MR) is 110 cm³/mol. The first-order chi connectivity index (χ1) is 14.0. The lowest BCUT2D eigenvalue weighted by atomic mass is 9.76. The number of nitrogens with zero attached hydrogens (tertiary/aromatic N) is 1. The summed E-state index contributed by atoms with van der Waals surface area (Å²) in [5, 5.41) is 8.00. The summed E-state index contributed by atoms with van der Waals surface area (Å²) in [6, 6.07) is 6.98. The molecule has 3 N–H and O–H groups in total. The van der Waals surface area contributed by atoms with Gasteiger partial charge in [0.25, 0.3) is 5.91 Å². The summed E-state index contributed by atoms with van der Waals surface area (Å²) in [5.74, 6) is 0.0926. The van der Waals surface area contributed by atoms with E-state index in [1.807, 2.05) is 24.3 Å². The lowest BCUT2D eigenvalue weighted by molar-refractivity contribution is -0.128. The van der Waals surface area contributed by atoms with Gasteiger partial charge in [0.05, 0.1) is 5.69 Å². The summed E-state index contributed by atoms with van der Waals surface area (Å²) in [7, 11) is 0. The normalized spacial score (nSPS) is 23.8. The van der Waals surface area contributed by atoms with Crippen LogP contribution < -0.4 is 20.7 Å². The number of rotatable bonds is 8. The quantitative estimate of drug-likeness (QED) is 0.579. The van der Waals surface area contributed by atoms with Gasteiger partial charge in [-0.25, -0.2) is 4.79 Å². The summed E-state index contributed by atoms with van der Waals surface area (Å²) >= 11 is 0. The van der Waals surface area contributed by atoms with Gasteiger partial charge >= 0.3 is 6.03 Å². The molecule has 0 unspecified atom stereocenters. The molecule has 1 saturated carbocycles. The molecule has 3 rings (SSSR count). The third-order valence-electron chi connectivity index (χ3n) is 5.93. The van der Waals surface area contributed by atoms with Gasteiger partial charge in [0, 0.05) is 12.5 Å². The topological polar surface area (TPSA) is 99.8 Å². The third kappa shape index (κ3) is 4.87. The molecule has 0 bridgehead atoms. The van der Waals surface area contributed by atoms with Crippen molar-refractivity contribution in [1.82, 2.24) is 15.5 Å². The Kier molecular flexibility index (Phi) is 6.74. The van der Waals surface area contributed by atoms with Crippen molar-refractivity contribution in [2.45, 2.75) is 45.1 Å². The Morgan fingerprint density at radius 1 is 1.21 bits per heavy atom. The van der Waals surface area contributed by atoms with Crippen LogP contribution in [0.5, 0.6) is 5.75 Å². The molecule has 1 saturated heterocycles. The van der Waals surface area contributed by atoms with Gasteiger partial charge in [0.15, 0.2) is 0 Å². The maximum Gasteiger partial charge on any atom is 0.322 e. The van der Waals surface area contributed by atoms with Crippen LogP contribution in [0.1, 0.15) is 39.5 Å². The SMILES string of the molecule is CCN(CC)CCOc1ccccc1NC(=O)C1CCC2(CC1)NC(=O)NC2=O. The molecule has 1 heterocycles. The lowest BCUT2D eigenvalue weighted by Gasteiger charge is -2.33. The molecule has 0 atom stereocenters. The Labute approximate surface area is 171 Å². The van der Waals surface area contributed by atoms with E-state index in [-0.39, 0.29) is 17.7 Å². The highest BCUT2D eigenvalue weighted by Crippen LogP contribution is 2.35. The number of imide groups is 1. The van der Waals surface area contributed by atoms with Crippen molar-refractivity contribution >= 4 is 23.5 Å². The van der Waals surface area contributed by atoms with Gasteiger partial charge in [-0.2, -0.15) is 0 Å². The second kappa shape index (κ2) is 9.26. The standard InChI is InChI=1S/C21H30N4O4/c1-3-25(4-2)13-14-29-17-8-6-5-7-16(17)22-18(26)15-9-11-21(12-10-15)19(27)23-20(28)24-21/h5-8,15H,3-4,9-14H2,1-2H3,(H,22,26)(H2,23,24,27,28). The van der Waals surface area contributed by atoms with E-state index in [9.17, 15) is 14.4 Å². The highest BCUT2D eigenvalue weighted by Gasteiger charge is 2.48. The first-order valence-corrected chi connectivity index (χ1v) is 10.4. The lowest BCUT2D eigenvalue weighted by Crippen LogP contribution is -2.50. The Morgan fingerprint density at radius 3 is 2.52 bits per heavy atom. The van der Waals surface area contributed by atoms with Crippen molar-refractivity contribution in [1.29, 1.82) is 0 Å². The number of anilines is 1. The number of urea groups is 1. The van der Waals surface area contributed by atoms with Crippen LogP contribution in [0.2, 0.25) is 0 Å². The Bertz CT molecular complexity index is 755. The monoisotopic (exact) mass is 402 g/mol. The number of nitrogens with one attached hydrogen (secondary N) is 3. The highest BCUT2D eigenvalue weighted by molar-refractivity contribution is 6.07. The number of para-hydroxylation sites is 2. The molecule has 2 aliphatic rings. The largest absolute Gasteiger partial charge is 0.490 e. The van der Waals surface area contributed by atoms with Crippen molar-refractivity contribution in [3.05, 3.63) is 24.3 Å². The number of amides is 4. The van der Waals surface area contributed by atoms with Crippen molar-refractivity contribution < 1.29 is 19.1 Å². The van der Waals surface area contributed by atoms with E-state index in [1.165, 1.54) is 0 Å². The third-order valence-corrected chi connectivity index (χ3v) is 5.93. The van der Waals surface area contributed by atoms with Gasteiger partial charge in [0.1, 0.15) is 17.9 Å². The molecule has 1 spiro atoms. The van der Waals surface area contributed by atoms with Crippen LogP contribution in [0.25, 0.3) is 0 Å². The van der Waals surface area contributed by atoms with Gasteiger partial charge in [-0.05, 0) is 50.9 Å². The first-order valence-electron chi connectivity index (χ1n) is 10.4. The smallest absolute Gasteiger partial charge is 0.322 e. The highest BCUT2D eigenvalue weighted by atomic mass is 16.5. The van der Waals surface area contributed by atoms with E-state index in [2.05, 4.69) is 34.7 Å². The molecule has 1 aliphatic heterocycles. The van der Waals surface area contributed by atoms with Crippen LogP contribution >= 0.6 is 0 Å². The molecule has 8 heteroatoms. The Balaban J connectivity index is 1.55. The van der Waals surface area contributed by atoms with E-state index in [1.54, 1.807) is 0 Å². The summed E-state index contributed by atoms with van der Waals surface area (Å²) in [6.45, 7) is 7.56. The number of benzene rings is 1. The number of hydrogen-bond donors (Lipinski definition) is 3. The van der Waals surface area contributed by atoms with Crippen LogP contribution in [0, 0.1) is 5.92 Å². The number of ether oxygens (including phenoxy) is 1. The van der Waals surface area contributed by atoms with Crippen LogP contribution in [-0.4, -0.2) is 54.5 Å². The minimum absolute atomic E-state index is 0.0793. The predicted octanol–water partition coefficient (Wildman–Crippen LogP) is 2.11. The van der Waals surface area contributed by atoms with Gasteiger partial charge in [-0.3, -0.25) is 14.9 Å². The van der Waals surface area contributed by atoms with Crippen LogP contribution in [0.4, 0.5) is 10.5 Å². The maximum absolute atomic E-state index is 12.8. The second-order valence-corrected chi connectivity index (χ2v) is 7.63. The maximum atomic E-state index is 12.8. The number of carbonyl (C=O) groups excluding carboxylic acids is 3. The minimum atomic E-state index is -0.848. The molecule has 158 valence electrons. The van der Waals surface area contributed by atoms with Gasteiger partial charge in [-0.15, -0.1) is 0 Å². The van der Waals surface area contributed by atoms with E-state index < -0.39 is 11.6 Å². The number of likely N-dealkylation sites (N-methyl/N-ethyl adjacent to an activating group) is 1. The molecule has 0 aromatic heterocycles. The van der Waals surface area contributed by atoms with Gasteiger partial charge in [0.2, 0.25) is 5.91 Å². The van der Waals surface area contributed by atoms with Crippen LogP contribution in [0.3, 0.4) is 0 Å². The zero-order valence-electron chi connectivity index (χ0n) is 17.1. The summed E-state index contributed by atoms with van der Waals surface area (Å²) < 4.78 is 5.90. The minimum Gasteiger partial charge on any atom is -0.490 e. The molecule has 29 heavy (non-hydrogen) atoms. The Morgan fingerprint density at radius 2 is 1.90 bits per heavy atom. The van der Waals surface area contributed by atoms with E-state index in [0.29, 0.717) is 43.7 Å². The fourth-order valence-corrected chi connectivity index (χ4v) is 4.01. The van der Waals surface area contributed by atoms with Crippen molar-refractivity contribution in [3.8, 4) is 5.75 Å². The zero-order valence-corrected chi connectivity index (χ0v) is 17.1. The average Bonchev–Trinajstić information content (AvgIpc) is 2.99. The molecule has 0 radical (unpaired) electrons. The van der Waals surface area contributed by atoms with Crippen LogP contribution in [0.15, 0.2) is 24.3 Å². The van der Waals surface area contributed by atoms with E-state index in [4.69, 9.17) is 4.74 Å². The average molecular weight is 402 g/mol. The fourth-order valence-electron chi connectivity index (χ4n) is 4.01. The van der Waals surface area contributed by atoms with Gasteiger partial charge in [-0.1, -0.05) is 26.0 Å². The van der Waals surface area contributed by atoms with Crippen molar-refractivity contribution in [2.24, 2.45) is 5.92 Å².